The summed E-state index contributed by atoms with van der Waals surface area (Å²) in [6.07, 6.45) is 3.10. The summed E-state index contributed by atoms with van der Waals surface area (Å²) in [6.45, 7) is 14.4. The Hall–Kier alpha value is -1.69. The lowest BCUT2D eigenvalue weighted by atomic mass is 9.95. The Kier molecular flexibility index (Phi) is 12.1. The average molecular weight is 620 g/mol. The van der Waals surface area contributed by atoms with Crippen LogP contribution in [0.3, 0.4) is 0 Å². The van der Waals surface area contributed by atoms with Gasteiger partial charge in [-0.2, -0.15) is 4.31 Å². The van der Waals surface area contributed by atoms with E-state index in [4.69, 9.17) is 18.7 Å². The van der Waals surface area contributed by atoms with Gasteiger partial charge in [-0.15, -0.1) is 0 Å². The van der Waals surface area contributed by atoms with Crippen LogP contribution in [0, 0.1) is 6.92 Å². The van der Waals surface area contributed by atoms with Gasteiger partial charge in [-0.1, -0.05) is 38.2 Å². The van der Waals surface area contributed by atoms with Gasteiger partial charge in [-0.05, 0) is 45.2 Å². The molecule has 2 unspecified atom stereocenters. The molecular weight excluding hydrogens is 573 g/mol. The number of esters is 1. The second-order valence-corrected chi connectivity index (χ2v) is 21.1. The van der Waals surface area contributed by atoms with Crippen molar-refractivity contribution in [3.63, 3.8) is 0 Å². The number of benzene rings is 1. The van der Waals surface area contributed by atoms with E-state index in [9.17, 15) is 22.7 Å². The van der Waals surface area contributed by atoms with Crippen molar-refractivity contribution in [3.8, 4) is 11.5 Å². The molecule has 0 aliphatic carbocycles. The first-order valence-electron chi connectivity index (χ1n) is 13.5. The molecule has 10 nitrogen and oxygen atoms in total. The van der Waals surface area contributed by atoms with Crippen LogP contribution in [0.25, 0.3) is 0 Å². The zero-order valence-corrected chi connectivity index (χ0v) is 28.0. The first kappa shape index (κ1) is 34.5. The third-order valence-electron chi connectivity index (χ3n) is 6.83. The van der Waals surface area contributed by atoms with E-state index in [2.05, 4.69) is 19.6 Å². The first-order chi connectivity index (χ1) is 18.4. The van der Waals surface area contributed by atoms with E-state index in [-0.39, 0.29) is 25.9 Å². The Bertz CT molecular complexity index is 1260. The predicted molar refractivity (Wildman–Crippen MR) is 160 cm³/mol. The topological polar surface area (TPSA) is 129 Å². The van der Waals surface area contributed by atoms with Crippen molar-refractivity contribution in [3.05, 3.63) is 33.9 Å². The van der Waals surface area contributed by atoms with Crippen molar-refractivity contribution in [2.24, 2.45) is 0 Å². The molecule has 0 fully saturated rings. The summed E-state index contributed by atoms with van der Waals surface area (Å²) < 4.78 is 61.2. The van der Waals surface area contributed by atoms with Gasteiger partial charge in [0.2, 0.25) is 10.0 Å². The lowest BCUT2D eigenvalue weighted by Crippen LogP contribution is -2.34. The van der Waals surface area contributed by atoms with E-state index in [0.29, 0.717) is 42.1 Å². The van der Waals surface area contributed by atoms with Crippen LogP contribution in [0.4, 0.5) is 0 Å². The maximum atomic E-state index is 12.7. The van der Waals surface area contributed by atoms with Crippen molar-refractivity contribution in [1.82, 2.24) is 4.31 Å². The van der Waals surface area contributed by atoms with Crippen LogP contribution in [0.2, 0.25) is 25.7 Å². The standard InChI is InChI=1S/C27H46NO9PSSi/c1-10-20(3)37-38(30,31)15-13-28(39(6,32)33)17-19(2)11-12-22-25(34-5)21(4)23-18-36-27(29)24(23)26(22)35-14-16-40(7,8)9/h11,20H,10,12-18H2,1-9H3,(H,30,31). The second kappa shape index (κ2) is 14.0. The summed E-state index contributed by atoms with van der Waals surface area (Å²) in [5, 5.41) is 0. The third-order valence-corrected chi connectivity index (χ3v) is 11.2. The Morgan fingerprint density at radius 1 is 1.27 bits per heavy atom. The molecule has 1 heterocycles. The van der Waals surface area contributed by atoms with Crippen LogP contribution in [-0.2, 0) is 36.9 Å². The SMILES string of the molecule is CCC(C)OP(=O)(O)CCN(CC(C)=CCc1c(OC)c(C)c2c(c1OCC[Si](C)(C)C)C(=O)OC2)S(C)(=O)=O. The van der Waals surface area contributed by atoms with Crippen molar-refractivity contribution in [1.29, 1.82) is 0 Å². The van der Waals surface area contributed by atoms with Crippen LogP contribution in [0.5, 0.6) is 11.5 Å². The molecule has 1 aromatic rings. The number of hydrogen-bond acceptors (Lipinski definition) is 8. The lowest BCUT2D eigenvalue weighted by Gasteiger charge is -2.23. The molecule has 2 rings (SSSR count). The van der Waals surface area contributed by atoms with Gasteiger partial charge in [0.1, 0.15) is 23.7 Å². The van der Waals surface area contributed by atoms with Crippen molar-refractivity contribution in [2.45, 2.75) is 78.9 Å². The normalized spacial score (nSPS) is 16.5. The number of cyclic esters (lactones) is 1. The highest BCUT2D eigenvalue weighted by Crippen LogP contribution is 2.44. The molecule has 0 saturated carbocycles. The van der Waals surface area contributed by atoms with Crippen molar-refractivity contribution in [2.75, 3.05) is 39.2 Å². The number of carbonyl (C=O) groups is 1. The molecule has 0 saturated heterocycles. The van der Waals surface area contributed by atoms with Crippen LogP contribution >= 0.6 is 7.60 Å². The molecule has 228 valence electrons. The minimum atomic E-state index is -3.95. The number of fused-ring (bicyclic) bond motifs is 1. The largest absolute Gasteiger partial charge is 0.496 e. The molecule has 0 radical (unpaired) electrons. The molecular formula is C27H46NO9PSSi. The van der Waals surface area contributed by atoms with E-state index in [1.165, 1.54) is 0 Å². The Morgan fingerprint density at radius 2 is 1.93 bits per heavy atom. The second-order valence-electron chi connectivity index (χ2n) is 11.6. The number of methoxy groups -OCH3 is 1. The average Bonchev–Trinajstić information content (AvgIpc) is 3.21. The highest BCUT2D eigenvalue weighted by Gasteiger charge is 2.33. The van der Waals surface area contributed by atoms with Gasteiger partial charge >= 0.3 is 13.6 Å². The van der Waals surface area contributed by atoms with E-state index >= 15 is 0 Å². The highest BCUT2D eigenvalue weighted by atomic mass is 32.2. The minimum absolute atomic E-state index is 0.0300. The summed E-state index contributed by atoms with van der Waals surface area (Å²) in [5.41, 5.74) is 3.40. The molecule has 1 aliphatic rings. The number of ether oxygens (including phenoxy) is 3. The van der Waals surface area contributed by atoms with E-state index in [1.54, 1.807) is 21.0 Å². The Balaban J connectivity index is 2.36. The van der Waals surface area contributed by atoms with Crippen LogP contribution in [0.15, 0.2) is 11.6 Å². The number of rotatable bonds is 16. The quantitative estimate of drug-likeness (QED) is 0.116. The molecule has 2 atom stereocenters. The molecule has 1 aromatic carbocycles. The maximum Gasteiger partial charge on any atom is 0.342 e. The molecule has 1 N–H and O–H groups in total. The van der Waals surface area contributed by atoms with Gasteiger partial charge in [0.05, 0.1) is 32.2 Å². The van der Waals surface area contributed by atoms with Crippen LogP contribution in [0.1, 0.15) is 54.2 Å². The van der Waals surface area contributed by atoms with Crippen LogP contribution < -0.4 is 9.47 Å². The molecule has 0 bridgehead atoms. The zero-order chi connectivity index (χ0) is 30.5. The van der Waals surface area contributed by atoms with Crippen molar-refractivity contribution >= 4 is 31.7 Å². The highest BCUT2D eigenvalue weighted by molar-refractivity contribution is 7.88. The van der Waals surface area contributed by atoms with Gasteiger partial charge in [-0.3, -0.25) is 4.57 Å². The fourth-order valence-electron chi connectivity index (χ4n) is 4.26. The van der Waals surface area contributed by atoms with Crippen molar-refractivity contribution < 1.29 is 41.4 Å². The van der Waals surface area contributed by atoms with Gasteiger partial charge in [0.25, 0.3) is 0 Å². The zero-order valence-electron chi connectivity index (χ0n) is 25.3. The van der Waals surface area contributed by atoms with Gasteiger partial charge < -0.3 is 23.6 Å². The summed E-state index contributed by atoms with van der Waals surface area (Å²) in [5.74, 6) is 0.625. The summed E-state index contributed by atoms with van der Waals surface area (Å²) in [7, 11) is -7.46. The minimum Gasteiger partial charge on any atom is -0.496 e. The fourth-order valence-corrected chi connectivity index (χ4v) is 7.28. The van der Waals surface area contributed by atoms with Gasteiger partial charge in [0.15, 0.2) is 0 Å². The van der Waals surface area contributed by atoms with E-state index in [0.717, 1.165) is 33.3 Å². The lowest BCUT2D eigenvalue weighted by molar-refractivity contribution is 0.0532. The van der Waals surface area contributed by atoms with Crippen LogP contribution in [-0.4, -0.2) is 77.0 Å². The molecule has 0 amide bonds. The molecule has 0 spiro atoms. The fraction of sp³-hybridized carbons (Fsp3) is 0.667. The number of sulfonamides is 1. The number of allylic oxidation sites excluding steroid dienone is 1. The Morgan fingerprint density at radius 3 is 2.48 bits per heavy atom. The third kappa shape index (κ3) is 9.70. The number of carbonyl (C=O) groups excluding carboxylic acids is 1. The summed E-state index contributed by atoms with van der Waals surface area (Å²) in [4.78, 5) is 22.9. The molecule has 40 heavy (non-hydrogen) atoms. The number of hydrogen-bond donors (Lipinski definition) is 1. The summed E-state index contributed by atoms with van der Waals surface area (Å²) >= 11 is 0. The maximum absolute atomic E-state index is 12.7. The molecule has 13 heteroatoms. The number of nitrogens with zero attached hydrogens (tertiary/aromatic N) is 1. The summed E-state index contributed by atoms with van der Waals surface area (Å²) in [6, 6.07) is 0.903. The predicted octanol–water partition coefficient (Wildman–Crippen LogP) is 5.14. The smallest absolute Gasteiger partial charge is 0.342 e. The monoisotopic (exact) mass is 619 g/mol. The Labute approximate surface area is 240 Å². The van der Waals surface area contributed by atoms with E-state index in [1.807, 2.05) is 19.9 Å². The molecule has 0 aromatic heterocycles. The van der Waals surface area contributed by atoms with Gasteiger partial charge in [0, 0.05) is 32.3 Å². The first-order valence-corrected chi connectivity index (χ1v) is 20.8. The molecule has 1 aliphatic heterocycles. The van der Waals surface area contributed by atoms with Gasteiger partial charge in [-0.25, -0.2) is 13.2 Å². The van der Waals surface area contributed by atoms with E-state index < -0.39 is 37.8 Å².